The lowest BCUT2D eigenvalue weighted by Crippen LogP contribution is -2.31. The molecule has 32 heavy (non-hydrogen) atoms. The van der Waals surface area contributed by atoms with Crippen LogP contribution in [0.25, 0.3) is 6.08 Å². The molecule has 2 aromatic carbocycles. The molecule has 2 amide bonds. The second-order valence-electron chi connectivity index (χ2n) is 7.67. The third kappa shape index (κ3) is 5.17. The number of ether oxygens (including phenoxy) is 2. The predicted molar refractivity (Wildman–Crippen MR) is 124 cm³/mol. The van der Waals surface area contributed by atoms with Gasteiger partial charge in [-0.2, -0.15) is 0 Å². The van der Waals surface area contributed by atoms with E-state index in [1.54, 1.807) is 23.1 Å². The SMILES string of the molecule is CCOc1cc(/C=C2/N=C3CCCCCN3C2=O)ccc1OCC(=O)Nc1ccccc1. The first-order valence-electron chi connectivity index (χ1n) is 11.0. The summed E-state index contributed by atoms with van der Waals surface area (Å²) in [6.45, 7) is 2.92. The highest BCUT2D eigenvalue weighted by molar-refractivity contribution is 6.14. The van der Waals surface area contributed by atoms with Gasteiger partial charge < -0.3 is 14.8 Å². The molecule has 0 unspecified atom stereocenters. The zero-order valence-electron chi connectivity index (χ0n) is 18.2. The van der Waals surface area contributed by atoms with Gasteiger partial charge in [0.2, 0.25) is 0 Å². The molecule has 0 radical (unpaired) electrons. The average Bonchev–Trinajstić information content (AvgIpc) is 2.94. The van der Waals surface area contributed by atoms with Crippen molar-refractivity contribution >= 4 is 29.4 Å². The van der Waals surface area contributed by atoms with E-state index < -0.39 is 0 Å². The van der Waals surface area contributed by atoms with Gasteiger partial charge in [-0.05, 0) is 55.7 Å². The summed E-state index contributed by atoms with van der Waals surface area (Å²) in [4.78, 5) is 31.3. The van der Waals surface area contributed by atoms with Crippen LogP contribution in [0.5, 0.6) is 11.5 Å². The Bertz CT molecular complexity index is 1050. The number of aliphatic imine (C=N–C) groups is 1. The number of hydrogen-bond donors (Lipinski definition) is 1. The summed E-state index contributed by atoms with van der Waals surface area (Å²) in [5.74, 6) is 1.55. The Morgan fingerprint density at radius 1 is 1.09 bits per heavy atom. The Balaban J connectivity index is 1.46. The molecule has 1 saturated heterocycles. The fourth-order valence-corrected chi connectivity index (χ4v) is 3.77. The van der Waals surface area contributed by atoms with Crippen LogP contribution in [0.2, 0.25) is 0 Å². The predicted octanol–water partition coefficient (Wildman–Crippen LogP) is 4.26. The maximum atomic E-state index is 12.7. The van der Waals surface area contributed by atoms with E-state index >= 15 is 0 Å². The number of benzene rings is 2. The number of anilines is 1. The number of amides is 2. The maximum Gasteiger partial charge on any atom is 0.277 e. The molecule has 0 bridgehead atoms. The van der Waals surface area contributed by atoms with Crippen molar-refractivity contribution < 1.29 is 19.1 Å². The number of nitrogens with one attached hydrogen (secondary N) is 1. The number of para-hydroxylation sites is 1. The van der Waals surface area contributed by atoms with E-state index in [4.69, 9.17) is 9.47 Å². The second-order valence-corrected chi connectivity index (χ2v) is 7.67. The van der Waals surface area contributed by atoms with Gasteiger partial charge >= 0.3 is 0 Å². The molecule has 2 heterocycles. The lowest BCUT2D eigenvalue weighted by atomic mass is 10.1. The summed E-state index contributed by atoms with van der Waals surface area (Å²) in [6, 6.07) is 14.6. The minimum Gasteiger partial charge on any atom is -0.490 e. The Hall–Kier alpha value is -3.61. The summed E-state index contributed by atoms with van der Waals surface area (Å²) in [6.07, 6.45) is 5.82. The lowest BCUT2D eigenvalue weighted by molar-refractivity contribution is -0.122. The molecule has 0 spiro atoms. The quantitative estimate of drug-likeness (QED) is 0.662. The number of amidine groups is 1. The van der Waals surface area contributed by atoms with Crippen LogP contribution in [-0.2, 0) is 9.59 Å². The number of carbonyl (C=O) groups excluding carboxylic acids is 2. The molecule has 2 aliphatic rings. The van der Waals surface area contributed by atoms with Crippen LogP contribution in [0.4, 0.5) is 5.69 Å². The smallest absolute Gasteiger partial charge is 0.277 e. The number of fused-ring (bicyclic) bond motifs is 1. The number of nitrogens with zero attached hydrogens (tertiary/aromatic N) is 2. The van der Waals surface area contributed by atoms with Gasteiger partial charge in [0.05, 0.1) is 6.61 Å². The zero-order valence-corrected chi connectivity index (χ0v) is 18.2. The van der Waals surface area contributed by atoms with E-state index in [0.717, 1.165) is 43.6 Å². The second kappa shape index (κ2) is 10.1. The van der Waals surface area contributed by atoms with Crippen LogP contribution < -0.4 is 14.8 Å². The van der Waals surface area contributed by atoms with Crippen molar-refractivity contribution in [3.05, 3.63) is 59.8 Å². The fraction of sp³-hybridized carbons (Fsp3) is 0.320. The molecular weight excluding hydrogens is 406 g/mol. The van der Waals surface area contributed by atoms with E-state index in [2.05, 4.69) is 10.3 Å². The molecule has 4 rings (SSSR count). The maximum absolute atomic E-state index is 12.7. The van der Waals surface area contributed by atoms with Gasteiger partial charge in [0.15, 0.2) is 18.1 Å². The van der Waals surface area contributed by atoms with Crippen molar-refractivity contribution in [2.75, 3.05) is 25.1 Å². The normalized spacial score (nSPS) is 16.9. The first-order valence-corrected chi connectivity index (χ1v) is 11.0. The van der Waals surface area contributed by atoms with Gasteiger partial charge in [-0.3, -0.25) is 14.5 Å². The van der Waals surface area contributed by atoms with Gasteiger partial charge in [0.25, 0.3) is 11.8 Å². The Kier molecular flexibility index (Phi) is 6.84. The zero-order chi connectivity index (χ0) is 22.3. The van der Waals surface area contributed by atoms with Crippen LogP contribution >= 0.6 is 0 Å². The monoisotopic (exact) mass is 433 g/mol. The highest BCUT2D eigenvalue weighted by Crippen LogP contribution is 2.31. The molecule has 0 saturated carbocycles. The summed E-state index contributed by atoms with van der Waals surface area (Å²) < 4.78 is 11.4. The Labute approximate surface area is 187 Å². The van der Waals surface area contributed by atoms with Gasteiger partial charge in [-0.1, -0.05) is 30.7 Å². The van der Waals surface area contributed by atoms with Crippen molar-refractivity contribution in [2.24, 2.45) is 4.99 Å². The molecule has 2 aliphatic heterocycles. The van der Waals surface area contributed by atoms with Crippen LogP contribution in [0.15, 0.2) is 59.2 Å². The van der Waals surface area contributed by atoms with Crippen LogP contribution in [-0.4, -0.2) is 42.3 Å². The van der Waals surface area contributed by atoms with Crippen LogP contribution in [0, 0.1) is 0 Å². The van der Waals surface area contributed by atoms with Crippen molar-refractivity contribution in [2.45, 2.75) is 32.6 Å². The summed E-state index contributed by atoms with van der Waals surface area (Å²) in [5.41, 5.74) is 1.95. The van der Waals surface area contributed by atoms with E-state index in [1.807, 2.05) is 43.3 Å². The third-order valence-corrected chi connectivity index (χ3v) is 5.29. The molecule has 7 nitrogen and oxygen atoms in total. The number of hydrogen-bond acceptors (Lipinski definition) is 5. The Morgan fingerprint density at radius 3 is 2.75 bits per heavy atom. The third-order valence-electron chi connectivity index (χ3n) is 5.29. The topological polar surface area (TPSA) is 80.2 Å². The first kappa shape index (κ1) is 21.6. The first-order chi connectivity index (χ1) is 15.6. The highest BCUT2D eigenvalue weighted by atomic mass is 16.5. The van der Waals surface area contributed by atoms with Gasteiger partial charge in [-0.15, -0.1) is 0 Å². The minimum atomic E-state index is -0.259. The summed E-state index contributed by atoms with van der Waals surface area (Å²) >= 11 is 0. The lowest BCUT2D eigenvalue weighted by Gasteiger charge is -2.14. The largest absolute Gasteiger partial charge is 0.490 e. The summed E-state index contributed by atoms with van der Waals surface area (Å²) in [5, 5.41) is 2.79. The van der Waals surface area contributed by atoms with Crippen molar-refractivity contribution in [3.8, 4) is 11.5 Å². The van der Waals surface area contributed by atoms with Gasteiger partial charge in [0, 0.05) is 18.7 Å². The minimum absolute atomic E-state index is 0.0437. The van der Waals surface area contributed by atoms with Crippen molar-refractivity contribution in [3.63, 3.8) is 0 Å². The van der Waals surface area contributed by atoms with Crippen molar-refractivity contribution in [1.82, 2.24) is 4.90 Å². The molecule has 1 N–H and O–H groups in total. The van der Waals surface area contributed by atoms with E-state index in [1.165, 1.54) is 0 Å². The molecule has 0 atom stereocenters. The molecule has 2 aromatic rings. The van der Waals surface area contributed by atoms with Crippen molar-refractivity contribution in [1.29, 1.82) is 0 Å². The molecule has 166 valence electrons. The number of rotatable bonds is 7. The fourth-order valence-electron chi connectivity index (χ4n) is 3.77. The van der Waals surface area contributed by atoms with Crippen LogP contribution in [0.3, 0.4) is 0 Å². The van der Waals surface area contributed by atoms with Crippen LogP contribution in [0.1, 0.15) is 38.2 Å². The highest BCUT2D eigenvalue weighted by Gasteiger charge is 2.30. The molecule has 7 heteroatoms. The van der Waals surface area contributed by atoms with E-state index in [-0.39, 0.29) is 18.4 Å². The van der Waals surface area contributed by atoms with E-state index in [9.17, 15) is 9.59 Å². The van der Waals surface area contributed by atoms with E-state index in [0.29, 0.717) is 29.5 Å². The Morgan fingerprint density at radius 2 is 1.94 bits per heavy atom. The average molecular weight is 434 g/mol. The molecular formula is C25H27N3O4. The summed E-state index contributed by atoms with van der Waals surface area (Å²) in [7, 11) is 0. The standard InChI is InChI=1S/C25H27N3O4/c1-2-31-22-16-18(15-20-25(30)28-14-8-4-7-11-23(28)27-20)12-13-21(22)32-17-24(29)26-19-9-5-3-6-10-19/h3,5-6,9-10,12-13,15-16H,2,4,7-8,11,14,17H2,1H3,(H,26,29)/b20-15+. The number of carbonyl (C=O) groups is 2. The molecule has 0 aliphatic carbocycles. The molecule has 0 aromatic heterocycles. The van der Waals surface area contributed by atoms with Gasteiger partial charge in [0.1, 0.15) is 11.5 Å². The molecule has 1 fully saturated rings. The van der Waals surface area contributed by atoms with Gasteiger partial charge in [-0.25, -0.2) is 4.99 Å².